The topological polar surface area (TPSA) is 58.1 Å². The molecular weight excluding hydrogens is 367 g/mol. The summed E-state index contributed by atoms with van der Waals surface area (Å²) in [6.45, 7) is 2.21. The molecule has 27 heavy (non-hydrogen) atoms. The van der Waals surface area contributed by atoms with Crippen LogP contribution in [0.4, 0.5) is 10.2 Å². The monoisotopic (exact) mass is 386 g/mol. The SMILES string of the molecule is O=C(/C=C/c1ccccc1)NCCC1C2CN(c3nc(Cl)ncc3F)CC12. The van der Waals surface area contributed by atoms with Gasteiger partial charge in [0.25, 0.3) is 0 Å². The van der Waals surface area contributed by atoms with Gasteiger partial charge in [-0.15, -0.1) is 0 Å². The minimum absolute atomic E-state index is 0.0646. The summed E-state index contributed by atoms with van der Waals surface area (Å²) in [5, 5.41) is 3.00. The number of anilines is 1. The fourth-order valence-electron chi connectivity index (χ4n) is 3.97. The van der Waals surface area contributed by atoms with E-state index in [4.69, 9.17) is 11.6 Å². The van der Waals surface area contributed by atoms with Crippen LogP contribution in [-0.2, 0) is 4.79 Å². The molecule has 0 bridgehead atoms. The van der Waals surface area contributed by atoms with Crippen LogP contribution in [0.5, 0.6) is 0 Å². The summed E-state index contributed by atoms with van der Waals surface area (Å²) < 4.78 is 13.9. The van der Waals surface area contributed by atoms with Crippen LogP contribution >= 0.6 is 11.6 Å². The van der Waals surface area contributed by atoms with Gasteiger partial charge < -0.3 is 10.2 Å². The number of fused-ring (bicyclic) bond motifs is 1. The molecule has 7 heteroatoms. The number of rotatable bonds is 6. The Kier molecular flexibility index (Phi) is 5.07. The number of aromatic nitrogens is 2. The fraction of sp³-hybridized carbons (Fsp3) is 0.350. The van der Waals surface area contributed by atoms with E-state index in [2.05, 4.69) is 15.3 Å². The number of piperidine rings is 1. The van der Waals surface area contributed by atoms with Crippen LogP contribution in [-0.4, -0.2) is 35.5 Å². The lowest BCUT2D eigenvalue weighted by molar-refractivity contribution is -0.116. The van der Waals surface area contributed by atoms with Gasteiger partial charge in [0.2, 0.25) is 11.2 Å². The Hall–Kier alpha value is -2.47. The van der Waals surface area contributed by atoms with Gasteiger partial charge in [-0.1, -0.05) is 30.3 Å². The standard InChI is InChI=1S/C20H20ClFN4O/c21-20-24-10-17(22)19(25-20)26-11-15-14(16(15)12-26)8-9-23-18(27)7-6-13-4-2-1-3-5-13/h1-7,10,14-16H,8-9,11-12H2,(H,23,27)/b7-6+. The molecule has 0 spiro atoms. The van der Waals surface area contributed by atoms with Crippen LogP contribution < -0.4 is 10.2 Å². The van der Waals surface area contributed by atoms with E-state index in [1.165, 1.54) is 0 Å². The molecular formula is C20H20ClFN4O. The Balaban J connectivity index is 1.20. The van der Waals surface area contributed by atoms with E-state index in [0.29, 0.717) is 30.1 Å². The fourth-order valence-corrected chi connectivity index (χ4v) is 4.10. The molecule has 2 aliphatic rings. The summed E-state index contributed by atoms with van der Waals surface area (Å²) in [5.74, 6) is 1.43. The first kappa shape index (κ1) is 17.9. The molecule has 2 fully saturated rings. The zero-order chi connectivity index (χ0) is 18.8. The van der Waals surface area contributed by atoms with Gasteiger partial charge in [-0.05, 0) is 47.4 Å². The highest BCUT2D eigenvalue weighted by molar-refractivity contribution is 6.28. The minimum atomic E-state index is -0.435. The molecule has 2 heterocycles. The first-order valence-electron chi connectivity index (χ1n) is 9.06. The normalized spacial score (nSPS) is 23.5. The number of hydrogen-bond donors (Lipinski definition) is 1. The zero-order valence-electron chi connectivity index (χ0n) is 14.7. The molecule has 1 aliphatic heterocycles. The van der Waals surface area contributed by atoms with Crippen LogP contribution in [0.2, 0.25) is 5.28 Å². The van der Waals surface area contributed by atoms with Crippen molar-refractivity contribution in [2.75, 3.05) is 24.5 Å². The summed E-state index contributed by atoms with van der Waals surface area (Å²) >= 11 is 5.77. The molecule has 140 valence electrons. The van der Waals surface area contributed by atoms with E-state index in [9.17, 15) is 9.18 Å². The van der Waals surface area contributed by atoms with Crippen LogP contribution in [0.3, 0.4) is 0 Å². The number of nitrogens with one attached hydrogen (secondary N) is 1. The molecule has 1 aromatic carbocycles. The second-order valence-electron chi connectivity index (χ2n) is 7.03. The predicted molar refractivity (Wildman–Crippen MR) is 103 cm³/mol. The van der Waals surface area contributed by atoms with Gasteiger partial charge in [-0.25, -0.2) is 9.37 Å². The summed E-state index contributed by atoms with van der Waals surface area (Å²) in [5.41, 5.74) is 1.00. The number of amides is 1. The molecule has 2 atom stereocenters. The molecule has 1 amide bonds. The highest BCUT2D eigenvalue weighted by Gasteiger charge is 2.55. The van der Waals surface area contributed by atoms with E-state index in [1.54, 1.807) is 12.2 Å². The predicted octanol–water partition coefficient (Wildman–Crippen LogP) is 3.17. The van der Waals surface area contributed by atoms with Crippen molar-refractivity contribution < 1.29 is 9.18 Å². The molecule has 2 unspecified atom stereocenters. The van der Waals surface area contributed by atoms with Crippen molar-refractivity contribution in [1.82, 2.24) is 15.3 Å². The molecule has 4 rings (SSSR count). The molecule has 1 saturated carbocycles. The number of halogens is 2. The summed E-state index contributed by atoms with van der Waals surface area (Å²) in [6, 6.07) is 9.73. The van der Waals surface area contributed by atoms with Crippen LogP contribution in [0.25, 0.3) is 6.08 Å². The molecule has 5 nitrogen and oxygen atoms in total. The number of benzene rings is 1. The average molecular weight is 387 g/mol. The third-order valence-corrected chi connectivity index (χ3v) is 5.55. The highest BCUT2D eigenvalue weighted by atomic mass is 35.5. The largest absolute Gasteiger partial charge is 0.353 e. The van der Waals surface area contributed by atoms with Gasteiger partial charge in [0, 0.05) is 25.7 Å². The van der Waals surface area contributed by atoms with Crippen LogP contribution in [0, 0.1) is 23.6 Å². The highest BCUT2D eigenvalue weighted by Crippen LogP contribution is 2.54. The molecule has 1 aromatic heterocycles. The zero-order valence-corrected chi connectivity index (χ0v) is 15.4. The lowest BCUT2D eigenvalue weighted by atomic mass is 10.2. The van der Waals surface area contributed by atoms with Crippen molar-refractivity contribution in [3.63, 3.8) is 0 Å². The van der Waals surface area contributed by atoms with E-state index in [1.807, 2.05) is 35.2 Å². The van der Waals surface area contributed by atoms with Gasteiger partial charge in [0.05, 0.1) is 6.20 Å². The van der Waals surface area contributed by atoms with E-state index < -0.39 is 5.82 Å². The van der Waals surface area contributed by atoms with Crippen molar-refractivity contribution in [2.45, 2.75) is 6.42 Å². The van der Waals surface area contributed by atoms with Gasteiger partial charge in [-0.3, -0.25) is 4.79 Å². The Morgan fingerprint density at radius 2 is 2.04 bits per heavy atom. The summed E-state index contributed by atoms with van der Waals surface area (Å²) in [6.07, 6.45) is 5.43. The first-order chi connectivity index (χ1) is 13.1. The maximum absolute atomic E-state index is 13.9. The van der Waals surface area contributed by atoms with E-state index in [-0.39, 0.29) is 11.2 Å². The minimum Gasteiger partial charge on any atom is -0.353 e. The lowest BCUT2D eigenvalue weighted by Crippen LogP contribution is -2.28. The summed E-state index contributed by atoms with van der Waals surface area (Å²) in [4.78, 5) is 21.5. The number of nitrogens with zero attached hydrogens (tertiary/aromatic N) is 3. The lowest BCUT2D eigenvalue weighted by Gasteiger charge is -2.21. The van der Waals surface area contributed by atoms with Gasteiger partial charge in [0.1, 0.15) is 0 Å². The molecule has 1 N–H and O–H groups in total. The van der Waals surface area contributed by atoms with Gasteiger partial charge in [-0.2, -0.15) is 4.98 Å². The molecule has 1 aliphatic carbocycles. The Morgan fingerprint density at radius 1 is 1.30 bits per heavy atom. The maximum Gasteiger partial charge on any atom is 0.243 e. The van der Waals surface area contributed by atoms with Gasteiger partial charge >= 0.3 is 0 Å². The Labute approximate surface area is 162 Å². The third kappa shape index (κ3) is 4.11. The van der Waals surface area contributed by atoms with Crippen molar-refractivity contribution >= 4 is 29.4 Å². The van der Waals surface area contributed by atoms with Crippen molar-refractivity contribution in [2.24, 2.45) is 17.8 Å². The maximum atomic E-state index is 13.9. The second-order valence-corrected chi connectivity index (χ2v) is 7.37. The van der Waals surface area contributed by atoms with Crippen LogP contribution in [0.1, 0.15) is 12.0 Å². The Morgan fingerprint density at radius 3 is 2.78 bits per heavy atom. The number of hydrogen-bond acceptors (Lipinski definition) is 4. The number of carbonyl (C=O) groups is 1. The molecule has 0 radical (unpaired) electrons. The third-order valence-electron chi connectivity index (χ3n) is 5.37. The second kappa shape index (κ2) is 7.64. The van der Waals surface area contributed by atoms with Crippen molar-refractivity contribution in [3.8, 4) is 0 Å². The molecule has 2 aromatic rings. The van der Waals surface area contributed by atoms with Crippen molar-refractivity contribution in [3.05, 3.63) is 59.3 Å². The van der Waals surface area contributed by atoms with E-state index >= 15 is 0 Å². The van der Waals surface area contributed by atoms with Gasteiger partial charge in [0.15, 0.2) is 11.6 Å². The van der Waals surface area contributed by atoms with Crippen LogP contribution in [0.15, 0.2) is 42.6 Å². The van der Waals surface area contributed by atoms with Crippen molar-refractivity contribution in [1.29, 1.82) is 0 Å². The quantitative estimate of drug-likeness (QED) is 0.612. The number of carbonyl (C=O) groups excluding carboxylic acids is 1. The average Bonchev–Trinajstić information content (AvgIpc) is 3.12. The summed E-state index contributed by atoms with van der Waals surface area (Å²) in [7, 11) is 0. The molecule has 1 saturated heterocycles. The van der Waals surface area contributed by atoms with E-state index in [0.717, 1.165) is 31.3 Å². The Bertz CT molecular complexity index is 848. The first-order valence-corrected chi connectivity index (χ1v) is 9.43. The smallest absolute Gasteiger partial charge is 0.243 e.